The summed E-state index contributed by atoms with van der Waals surface area (Å²) in [7, 11) is 1.58. The fourth-order valence-electron chi connectivity index (χ4n) is 1.48. The number of aromatic nitrogens is 4. The van der Waals surface area contributed by atoms with Gasteiger partial charge in [-0.05, 0) is 12.1 Å². The van der Waals surface area contributed by atoms with E-state index in [0.717, 1.165) is 17.8 Å². The van der Waals surface area contributed by atoms with Gasteiger partial charge in [-0.15, -0.1) is 10.2 Å². The molecule has 6 nitrogen and oxygen atoms in total. The summed E-state index contributed by atoms with van der Waals surface area (Å²) in [4.78, 5) is 14.2. The Hall–Kier alpha value is -2.10. The molecule has 0 aliphatic carbocycles. The van der Waals surface area contributed by atoms with Crippen LogP contribution >= 0.6 is 11.8 Å². The average molecular weight is 318 g/mol. The molecule has 0 unspecified atom stereocenters. The zero-order chi connectivity index (χ0) is 15.6. The van der Waals surface area contributed by atoms with Crippen molar-refractivity contribution >= 4 is 17.7 Å². The first-order valence-corrected chi connectivity index (χ1v) is 6.55. The molecule has 0 bridgehead atoms. The molecule has 0 saturated heterocycles. The number of alkyl halides is 3. The van der Waals surface area contributed by atoms with Crippen LogP contribution in [0, 0.1) is 0 Å². The number of hydrogen-bond donors (Lipinski definition) is 1. The molecule has 21 heavy (non-hydrogen) atoms. The van der Waals surface area contributed by atoms with Crippen LogP contribution in [0.2, 0.25) is 0 Å². The fourth-order valence-corrected chi connectivity index (χ4v) is 2.11. The van der Waals surface area contributed by atoms with Crippen LogP contribution in [0.25, 0.3) is 11.5 Å². The van der Waals surface area contributed by atoms with Crippen LogP contribution in [0.3, 0.4) is 0 Å². The fraction of sp³-hybridized carbons (Fsp3) is 0.273. The first kappa shape index (κ1) is 15.3. The smallest absolute Gasteiger partial charge is 0.417 e. The molecule has 0 atom stereocenters. The summed E-state index contributed by atoms with van der Waals surface area (Å²) in [6, 6.07) is 2.10. The zero-order valence-electron chi connectivity index (χ0n) is 10.6. The van der Waals surface area contributed by atoms with Crippen molar-refractivity contribution in [3.63, 3.8) is 0 Å². The molecule has 2 heterocycles. The van der Waals surface area contributed by atoms with Crippen LogP contribution in [-0.2, 0) is 18.0 Å². The predicted molar refractivity (Wildman–Crippen MR) is 67.6 cm³/mol. The van der Waals surface area contributed by atoms with Crippen molar-refractivity contribution in [2.75, 3.05) is 5.75 Å². The molecular weight excluding hydrogens is 309 g/mol. The number of carbonyl (C=O) groups is 1. The Labute approximate surface area is 121 Å². The maximum absolute atomic E-state index is 12.4. The minimum absolute atomic E-state index is 0.188. The number of carboxylic acids is 1. The summed E-state index contributed by atoms with van der Waals surface area (Å²) in [6.07, 6.45) is -3.73. The van der Waals surface area contributed by atoms with Crippen LogP contribution in [0.4, 0.5) is 13.2 Å². The van der Waals surface area contributed by atoms with Gasteiger partial charge in [0.1, 0.15) is 5.69 Å². The predicted octanol–water partition coefficient (Wildman–Crippen LogP) is 2.07. The molecule has 0 radical (unpaired) electrons. The van der Waals surface area contributed by atoms with Crippen LogP contribution in [0.5, 0.6) is 0 Å². The van der Waals surface area contributed by atoms with Crippen molar-refractivity contribution in [2.45, 2.75) is 11.3 Å². The van der Waals surface area contributed by atoms with Gasteiger partial charge in [0, 0.05) is 13.2 Å². The van der Waals surface area contributed by atoms with Gasteiger partial charge in [-0.1, -0.05) is 11.8 Å². The quantitative estimate of drug-likeness (QED) is 0.869. The Kier molecular flexibility index (Phi) is 4.16. The Morgan fingerprint density at radius 2 is 2.10 bits per heavy atom. The maximum atomic E-state index is 12.4. The minimum Gasteiger partial charge on any atom is -0.481 e. The second kappa shape index (κ2) is 5.72. The molecule has 112 valence electrons. The molecule has 0 spiro atoms. The van der Waals surface area contributed by atoms with Gasteiger partial charge < -0.3 is 9.67 Å². The second-order valence-corrected chi connectivity index (χ2v) is 4.92. The lowest BCUT2D eigenvalue weighted by Crippen LogP contribution is -2.06. The molecule has 2 aromatic rings. The minimum atomic E-state index is -4.45. The van der Waals surface area contributed by atoms with Crippen molar-refractivity contribution in [3.8, 4) is 11.5 Å². The summed E-state index contributed by atoms with van der Waals surface area (Å²) in [6.45, 7) is 0. The Morgan fingerprint density at radius 3 is 2.62 bits per heavy atom. The van der Waals surface area contributed by atoms with Crippen LogP contribution in [0.15, 0.2) is 23.5 Å². The van der Waals surface area contributed by atoms with E-state index in [1.807, 2.05) is 0 Å². The van der Waals surface area contributed by atoms with Gasteiger partial charge in [-0.2, -0.15) is 13.2 Å². The first-order valence-electron chi connectivity index (χ1n) is 5.56. The molecule has 0 saturated carbocycles. The highest BCUT2D eigenvalue weighted by molar-refractivity contribution is 7.99. The number of pyridine rings is 1. The normalized spacial score (nSPS) is 11.6. The summed E-state index contributed by atoms with van der Waals surface area (Å²) >= 11 is 0.960. The third-order valence-electron chi connectivity index (χ3n) is 2.48. The molecule has 0 aliphatic heterocycles. The highest BCUT2D eigenvalue weighted by Gasteiger charge is 2.30. The topological polar surface area (TPSA) is 80.9 Å². The standard InChI is InChI=1S/C11H9F3N4O2S/c1-18-9(16-17-10(18)21-5-8(19)20)7-3-2-6(4-15-7)11(12,13)14/h2-4H,5H2,1H3,(H,19,20). The van der Waals surface area contributed by atoms with Gasteiger partial charge in [-0.3, -0.25) is 9.78 Å². The Balaban J connectivity index is 2.24. The molecule has 0 aliphatic rings. The molecule has 1 N–H and O–H groups in total. The number of carboxylic acid groups (broad SMARTS) is 1. The van der Waals surface area contributed by atoms with Crippen LogP contribution in [-0.4, -0.2) is 36.6 Å². The molecule has 10 heteroatoms. The molecule has 2 rings (SSSR count). The number of halogens is 3. The van der Waals surface area contributed by atoms with Gasteiger partial charge in [0.2, 0.25) is 0 Å². The van der Waals surface area contributed by atoms with E-state index in [2.05, 4.69) is 15.2 Å². The highest BCUT2D eigenvalue weighted by Crippen LogP contribution is 2.29. The average Bonchev–Trinajstić information content (AvgIpc) is 2.77. The van der Waals surface area contributed by atoms with Crippen LogP contribution in [0.1, 0.15) is 5.56 Å². The summed E-state index contributed by atoms with van der Waals surface area (Å²) in [5, 5.41) is 16.5. The molecule has 0 amide bonds. The number of aliphatic carboxylic acids is 1. The number of hydrogen-bond acceptors (Lipinski definition) is 5. The second-order valence-electron chi connectivity index (χ2n) is 3.98. The molecular formula is C11H9F3N4O2S. The highest BCUT2D eigenvalue weighted by atomic mass is 32.2. The van der Waals surface area contributed by atoms with E-state index < -0.39 is 17.7 Å². The first-order chi connectivity index (χ1) is 9.79. The van der Waals surface area contributed by atoms with Crippen molar-refractivity contribution in [1.82, 2.24) is 19.7 Å². The monoisotopic (exact) mass is 318 g/mol. The number of rotatable bonds is 4. The van der Waals surface area contributed by atoms with E-state index in [1.165, 1.54) is 10.6 Å². The van der Waals surface area contributed by atoms with E-state index in [4.69, 9.17) is 5.11 Å². The lowest BCUT2D eigenvalue weighted by atomic mass is 10.2. The van der Waals surface area contributed by atoms with Crippen molar-refractivity contribution < 1.29 is 23.1 Å². The van der Waals surface area contributed by atoms with Crippen molar-refractivity contribution in [2.24, 2.45) is 7.05 Å². The number of nitrogens with zero attached hydrogens (tertiary/aromatic N) is 4. The van der Waals surface area contributed by atoms with Gasteiger partial charge in [0.15, 0.2) is 11.0 Å². The van der Waals surface area contributed by atoms with Gasteiger partial charge >= 0.3 is 12.1 Å². The van der Waals surface area contributed by atoms with Crippen molar-refractivity contribution in [3.05, 3.63) is 23.9 Å². The summed E-state index contributed by atoms with van der Waals surface area (Å²) < 4.78 is 38.8. The molecule has 0 fully saturated rings. The van der Waals surface area contributed by atoms with E-state index in [9.17, 15) is 18.0 Å². The van der Waals surface area contributed by atoms with Crippen LogP contribution < -0.4 is 0 Å². The largest absolute Gasteiger partial charge is 0.481 e. The van der Waals surface area contributed by atoms with E-state index in [-0.39, 0.29) is 17.3 Å². The van der Waals surface area contributed by atoms with E-state index in [1.54, 1.807) is 7.05 Å². The lowest BCUT2D eigenvalue weighted by Gasteiger charge is -2.06. The van der Waals surface area contributed by atoms with E-state index >= 15 is 0 Å². The maximum Gasteiger partial charge on any atom is 0.417 e. The summed E-state index contributed by atoms with van der Waals surface area (Å²) in [5.74, 6) is -0.930. The third-order valence-corrected chi connectivity index (χ3v) is 3.48. The SMILES string of the molecule is Cn1c(SCC(=O)O)nnc1-c1ccc(C(F)(F)F)cn1. The molecule has 2 aromatic heterocycles. The van der Waals surface area contributed by atoms with Gasteiger partial charge in [0.05, 0.1) is 11.3 Å². The van der Waals surface area contributed by atoms with E-state index in [0.29, 0.717) is 11.4 Å². The lowest BCUT2D eigenvalue weighted by molar-refractivity contribution is -0.138. The number of thioether (sulfide) groups is 1. The van der Waals surface area contributed by atoms with Gasteiger partial charge in [0.25, 0.3) is 0 Å². The van der Waals surface area contributed by atoms with Crippen molar-refractivity contribution in [1.29, 1.82) is 0 Å². The third kappa shape index (κ3) is 3.51. The Morgan fingerprint density at radius 1 is 1.38 bits per heavy atom. The molecule has 0 aromatic carbocycles. The summed E-state index contributed by atoms with van der Waals surface area (Å²) in [5.41, 5.74) is -0.630. The Bertz CT molecular complexity index is 654. The zero-order valence-corrected chi connectivity index (χ0v) is 11.4. The van der Waals surface area contributed by atoms with Gasteiger partial charge in [-0.25, -0.2) is 0 Å².